The Labute approximate surface area is 180 Å². The molecule has 1 unspecified atom stereocenters. The molecule has 2 aromatic carbocycles. The monoisotopic (exact) mass is 442 g/mol. The van der Waals surface area contributed by atoms with Gasteiger partial charge in [0.1, 0.15) is 10.9 Å². The molecule has 3 rings (SSSR count). The van der Waals surface area contributed by atoms with E-state index in [-0.39, 0.29) is 16.1 Å². The molecule has 3 N–H and O–H groups in total. The van der Waals surface area contributed by atoms with Gasteiger partial charge >= 0.3 is 0 Å². The van der Waals surface area contributed by atoms with Crippen molar-refractivity contribution in [1.29, 1.82) is 0 Å². The summed E-state index contributed by atoms with van der Waals surface area (Å²) in [5, 5.41) is 8.26. The molecule has 30 heavy (non-hydrogen) atoms. The lowest BCUT2D eigenvalue weighted by molar-refractivity contribution is -0.115. The van der Waals surface area contributed by atoms with Gasteiger partial charge < -0.3 is 5.32 Å². The van der Waals surface area contributed by atoms with Gasteiger partial charge in [-0.1, -0.05) is 49.0 Å². The van der Waals surface area contributed by atoms with Crippen LogP contribution in [0.15, 0.2) is 70.6 Å². The summed E-state index contributed by atoms with van der Waals surface area (Å²) in [4.78, 5) is 21.7. The molecule has 0 saturated carbocycles. The van der Waals surface area contributed by atoms with E-state index in [0.717, 1.165) is 11.3 Å². The standard InChI is InChI=1S/C21H22N4O3S2/c1-3-19(21(26)25-16-9-11-17(12-10-16)30(22,27)28)29-20-13-18(23-14(2)24-20)15-7-5-4-6-8-15/h4-13,19H,3H2,1-2H3,(H,25,26)(H2,22,27,28). The highest BCUT2D eigenvalue weighted by atomic mass is 32.2. The average Bonchev–Trinajstić information content (AvgIpc) is 2.72. The van der Waals surface area contributed by atoms with Crippen LogP contribution in [-0.2, 0) is 14.8 Å². The van der Waals surface area contributed by atoms with E-state index >= 15 is 0 Å². The third-order valence-electron chi connectivity index (χ3n) is 4.26. The summed E-state index contributed by atoms with van der Waals surface area (Å²) < 4.78 is 22.7. The van der Waals surface area contributed by atoms with E-state index in [1.807, 2.05) is 50.2 Å². The maximum absolute atomic E-state index is 12.8. The summed E-state index contributed by atoms with van der Waals surface area (Å²) in [6.45, 7) is 3.75. The van der Waals surface area contributed by atoms with Crippen LogP contribution >= 0.6 is 11.8 Å². The van der Waals surface area contributed by atoms with Gasteiger partial charge in [-0.05, 0) is 43.7 Å². The predicted molar refractivity (Wildman–Crippen MR) is 119 cm³/mol. The van der Waals surface area contributed by atoms with Crippen molar-refractivity contribution in [3.05, 3.63) is 66.5 Å². The zero-order chi connectivity index (χ0) is 21.7. The minimum atomic E-state index is -3.77. The number of anilines is 1. The smallest absolute Gasteiger partial charge is 0.238 e. The SMILES string of the molecule is CCC(Sc1cc(-c2ccccc2)nc(C)n1)C(=O)Nc1ccc(S(N)(=O)=O)cc1. The summed E-state index contributed by atoms with van der Waals surface area (Å²) in [5.74, 6) is 0.441. The molecule has 0 radical (unpaired) electrons. The van der Waals surface area contributed by atoms with Crippen LogP contribution in [0.1, 0.15) is 19.2 Å². The van der Waals surface area contributed by atoms with E-state index in [9.17, 15) is 13.2 Å². The number of thioether (sulfide) groups is 1. The zero-order valence-corrected chi connectivity index (χ0v) is 18.2. The molecule has 3 aromatic rings. The largest absolute Gasteiger partial charge is 0.325 e. The van der Waals surface area contributed by atoms with Crippen molar-refractivity contribution in [2.24, 2.45) is 5.14 Å². The maximum Gasteiger partial charge on any atom is 0.238 e. The lowest BCUT2D eigenvalue weighted by atomic mass is 10.1. The highest BCUT2D eigenvalue weighted by Crippen LogP contribution is 2.28. The van der Waals surface area contributed by atoms with Crippen LogP contribution in [-0.4, -0.2) is 29.5 Å². The van der Waals surface area contributed by atoms with Gasteiger partial charge in [0.2, 0.25) is 15.9 Å². The second kappa shape index (κ2) is 9.38. The third kappa shape index (κ3) is 5.65. The second-order valence-electron chi connectivity index (χ2n) is 6.58. The van der Waals surface area contributed by atoms with E-state index in [0.29, 0.717) is 23.0 Å². The number of sulfonamides is 1. The van der Waals surface area contributed by atoms with E-state index in [1.54, 1.807) is 0 Å². The van der Waals surface area contributed by atoms with E-state index in [4.69, 9.17) is 5.14 Å². The van der Waals surface area contributed by atoms with Crippen LogP contribution in [0.5, 0.6) is 0 Å². The number of aromatic nitrogens is 2. The van der Waals surface area contributed by atoms with Gasteiger partial charge in [-0.15, -0.1) is 0 Å². The predicted octanol–water partition coefficient (Wildman–Crippen LogP) is 3.61. The topological polar surface area (TPSA) is 115 Å². The molecule has 7 nitrogen and oxygen atoms in total. The summed E-state index contributed by atoms with van der Waals surface area (Å²) in [5.41, 5.74) is 2.28. The number of carbonyl (C=O) groups is 1. The van der Waals surface area contributed by atoms with Crippen molar-refractivity contribution in [3.63, 3.8) is 0 Å². The number of aryl methyl sites for hydroxylation is 1. The first-order valence-electron chi connectivity index (χ1n) is 9.27. The molecule has 1 heterocycles. The summed E-state index contributed by atoms with van der Waals surface area (Å²) in [7, 11) is -3.77. The van der Waals surface area contributed by atoms with Crippen LogP contribution in [0.4, 0.5) is 5.69 Å². The quantitative estimate of drug-likeness (QED) is 0.427. The molecule has 0 fully saturated rings. The molecule has 0 saturated heterocycles. The highest BCUT2D eigenvalue weighted by Gasteiger charge is 2.20. The van der Waals surface area contributed by atoms with Crippen molar-refractivity contribution in [2.45, 2.75) is 35.4 Å². The minimum absolute atomic E-state index is 0.00758. The number of rotatable bonds is 7. The Bertz CT molecular complexity index is 1130. The van der Waals surface area contributed by atoms with Gasteiger partial charge in [0.05, 0.1) is 15.8 Å². The van der Waals surface area contributed by atoms with Crippen molar-refractivity contribution >= 4 is 33.4 Å². The van der Waals surface area contributed by atoms with Crippen LogP contribution in [0.3, 0.4) is 0 Å². The van der Waals surface area contributed by atoms with Crippen LogP contribution in [0.2, 0.25) is 0 Å². The summed E-state index contributed by atoms with van der Waals surface area (Å²) in [6.07, 6.45) is 0.593. The molecular formula is C21H22N4O3S2. The number of nitrogens with one attached hydrogen (secondary N) is 1. The van der Waals surface area contributed by atoms with Crippen molar-refractivity contribution in [3.8, 4) is 11.3 Å². The van der Waals surface area contributed by atoms with Crippen LogP contribution in [0, 0.1) is 6.92 Å². The van der Waals surface area contributed by atoms with Crippen molar-refractivity contribution < 1.29 is 13.2 Å². The number of hydrogen-bond acceptors (Lipinski definition) is 6. The van der Waals surface area contributed by atoms with Gasteiger partial charge in [-0.3, -0.25) is 4.79 Å². The number of amides is 1. The van der Waals surface area contributed by atoms with Crippen molar-refractivity contribution in [1.82, 2.24) is 9.97 Å². The molecule has 0 bridgehead atoms. The molecule has 1 atom stereocenters. The molecule has 0 aliphatic carbocycles. The van der Waals surface area contributed by atoms with Crippen LogP contribution in [0.25, 0.3) is 11.3 Å². The van der Waals surface area contributed by atoms with E-state index in [1.165, 1.54) is 36.0 Å². The molecule has 0 spiro atoms. The number of hydrogen-bond donors (Lipinski definition) is 2. The minimum Gasteiger partial charge on any atom is -0.325 e. The first-order chi connectivity index (χ1) is 14.3. The Kier molecular flexibility index (Phi) is 6.86. The lowest BCUT2D eigenvalue weighted by Gasteiger charge is -2.15. The van der Waals surface area contributed by atoms with Crippen molar-refractivity contribution in [2.75, 3.05) is 5.32 Å². The molecule has 1 amide bonds. The zero-order valence-electron chi connectivity index (χ0n) is 16.6. The Balaban J connectivity index is 1.75. The molecule has 1 aromatic heterocycles. The fourth-order valence-corrected chi connectivity index (χ4v) is 4.28. The molecule has 0 aliphatic heterocycles. The lowest BCUT2D eigenvalue weighted by Crippen LogP contribution is -2.24. The Morgan fingerprint density at radius 1 is 1.10 bits per heavy atom. The normalized spacial score (nSPS) is 12.4. The van der Waals surface area contributed by atoms with E-state index in [2.05, 4.69) is 15.3 Å². The maximum atomic E-state index is 12.8. The summed E-state index contributed by atoms with van der Waals surface area (Å²) >= 11 is 1.37. The highest BCUT2D eigenvalue weighted by molar-refractivity contribution is 8.00. The van der Waals surface area contributed by atoms with Gasteiger partial charge in [-0.25, -0.2) is 23.5 Å². The molecule has 156 valence electrons. The van der Waals surface area contributed by atoms with Gasteiger partial charge in [0, 0.05) is 11.3 Å². The molecular weight excluding hydrogens is 420 g/mol. The number of carbonyl (C=O) groups excluding carboxylic acids is 1. The third-order valence-corrected chi connectivity index (χ3v) is 6.47. The number of nitrogens with two attached hydrogens (primary N) is 1. The molecule has 0 aliphatic rings. The molecule has 9 heteroatoms. The first kappa shape index (κ1) is 21.9. The van der Waals surface area contributed by atoms with E-state index < -0.39 is 10.0 Å². The fraction of sp³-hybridized carbons (Fsp3) is 0.190. The fourth-order valence-electron chi connectivity index (χ4n) is 2.78. The average molecular weight is 443 g/mol. The Hall–Kier alpha value is -2.75. The van der Waals surface area contributed by atoms with Gasteiger partial charge in [-0.2, -0.15) is 0 Å². The summed E-state index contributed by atoms with van der Waals surface area (Å²) in [6, 6.07) is 17.4. The number of primary sulfonamides is 1. The second-order valence-corrected chi connectivity index (χ2v) is 9.36. The first-order valence-corrected chi connectivity index (χ1v) is 11.7. The Morgan fingerprint density at radius 3 is 2.37 bits per heavy atom. The number of nitrogens with zero attached hydrogens (tertiary/aromatic N) is 2. The number of benzene rings is 2. The van der Waals surface area contributed by atoms with Crippen LogP contribution < -0.4 is 10.5 Å². The van der Waals surface area contributed by atoms with Gasteiger partial charge in [0.15, 0.2) is 0 Å². The van der Waals surface area contributed by atoms with Gasteiger partial charge in [0.25, 0.3) is 0 Å². The Morgan fingerprint density at radius 2 is 1.77 bits per heavy atom.